The summed E-state index contributed by atoms with van der Waals surface area (Å²) in [5.74, 6) is -1.57. The van der Waals surface area contributed by atoms with Gasteiger partial charge in [-0.3, -0.25) is 14.4 Å². The SMILES string of the molecule is Cc1ccccc1N1C(=O)c2ccc(C(=O)OCC(=O)N[C@H]3CCCC[C@H]3C)cc2C1=O. The topological polar surface area (TPSA) is 92.8 Å². The fourth-order valence-electron chi connectivity index (χ4n) is 4.39. The molecular formula is C25H26N2O5. The van der Waals surface area contributed by atoms with Crippen LogP contribution in [0.25, 0.3) is 0 Å². The van der Waals surface area contributed by atoms with Crippen molar-refractivity contribution < 1.29 is 23.9 Å². The summed E-state index contributed by atoms with van der Waals surface area (Å²) in [6, 6.07) is 11.5. The van der Waals surface area contributed by atoms with E-state index in [4.69, 9.17) is 4.74 Å². The van der Waals surface area contributed by atoms with Crippen LogP contribution in [-0.2, 0) is 9.53 Å². The van der Waals surface area contributed by atoms with Gasteiger partial charge in [0.2, 0.25) is 0 Å². The first kappa shape index (κ1) is 21.7. The summed E-state index contributed by atoms with van der Waals surface area (Å²) in [6.07, 6.45) is 4.26. The number of rotatable bonds is 5. The number of fused-ring (bicyclic) bond motifs is 1. The number of nitrogens with zero attached hydrogens (tertiary/aromatic N) is 1. The number of benzene rings is 2. The minimum absolute atomic E-state index is 0.103. The first-order valence-corrected chi connectivity index (χ1v) is 10.9. The van der Waals surface area contributed by atoms with Crippen LogP contribution in [0, 0.1) is 12.8 Å². The number of amides is 3. The summed E-state index contributed by atoms with van der Waals surface area (Å²) < 4.78 is 5.16. The number of para-hydroxylation sites is 1. The van der Waals surface area contributed by atoms with Gasteiger partial charge in [-0.05, 0) is 55.5 Å². The predicted octanol–water partition coefficient (Wildman–Crippen LogP) is 3.65. The van der Waals surface area contributed by atoms with E-state index in [9.17, 15) is 19.2 Å². The van der Waals surface area contributed by atoms with Crippen LogP contribution in [0.4, 0.5) is 5.69 Å². The lowest BCUT2D eigenvalue weighted by molar-refractivity contribution is -0.125. The Balaban J connectivity index is 1.43. The molecule has 0 radical (unpaired) electrons. The molecule has 166 valence electrons. The zero-order chi connectivity index (χ0) is 22.8. The van der Waals surface area contributed by atoms with Crippen molar-refractivity contribution in [3.63, 3.8) is 0 Å². The third-order valence-corrected chi connectivity index (χ3v) is 6.27. The van der Waals surface area contributed by atoms with Gasteiger partial charge >= 0.3 is 5.97 Å². The molecule has 2 aromatic carbocycles. The normalized spacial score (nSPS) is 20.1. The quantitative estimate of drug-likeness (QED) is 0.573. The second kappa shape index (κ2) is 8.94. The summed E-state index contributed by atoms with van der Waals surface area (Å²) in [5, 5.41) is 2.94. The number of ether oxygens (including phenoxy) is 1. The van der Waals surface area contributed by atoms with Gasteiger partial charge in [0.05, 0.1) is 22.4 Å². The Bertz CT molecular complexity index is 1090. The molecule has 7 nitrogen and oxygen atoms in total. The molecule has 1 fully saturated rings. The Hall–Kier alpha value is -3.48. The number of imide groups is 1. The second-order valence-corrected chi connectivity index (χ2v) is 8.50. The summed E-state index contributed by atoms with van der Waals surface area (Å²) in [6.45, 7) is 3.54. The van der Waals surface area contributed by atoms with Gasteiger partial charge in [0.15, 0.2) is 6.61 Å². The average Bonchev–Trinajstić information content (AvgIpc) is 3.03. The molecule has 0 bridgehead atoms. The lowest BCUT2D eigenvalue weighted by Gasteiger charge is -2.29. The van der Waals surface area contributed by atoms with Crippen LogP contribution in [-0.4, -0.2) is 36.3 Å². The van der Waals surface area contributed by atoms with E-state index in [2.05, 4.69) is 12.2 Å². The van der Waals surface area contributed by atoms with Gasteiger partial charge in [-0.15, -0.1) is 0 Å². The van der Waals surface area contributed by atoms with Crippen LogP contribution in [0.5, 0.6) is 0 Å². The van der Waals surface area contributed by atoms with E-state index in [1.54, 1.807) is 12.1 Å². The van der Waals surface area contributed by atoms with Gasteiger partial charge in [-0.25, -0.2) is 9.69 Å². The molecule has 32 heavy (non-hydrogen) atoms. The molecule has 4 rings (SSSR count). The van der Waals surface area contributed by atoms with Gasteiger partial charge in [-0.2, -0.15) is 0 Å². The molecule has 1 saturated carbocycles. The zero-order valence-corrected chi connectivity index (χ0v) is 18.2. The van der Waals surface area contributed by atoms with Gasteiger partial charge in [0.25, 0.3) is 17.7 Å². The smallest absolute Gasteiger partial charge is 0.338 e. The molecular weight excluding hydrogens is 408 g/mol. The van der Waals surface area contributed by atoms with E-state index in [1.165, 1.54) is 24.6 Å². The number of carbonyl (C=O) groups excluding carboxylic acids is 4. The number of esters is 1. The number of carbonyl (C=O) groups is 4. The van der Waals surface area contributed by atoms with Gasteiger partial charge < -0.3 is 10.1 Å². The van der Waals surface area contributed by atoms with E-state index in [0.717, 1.165) is 29.7 Å². The highest BCUT2D eigenvalue weighted by atomic mass is 16.5. The molecule has 2 aliphatic rings. The summed E-state index contributed by atoms with van der Waals surface area (Å²) in [5.41, 5.74) is 1.80. The monoisotopic (exact) mass is 434 g/mol. The molecule has 0 spiro atoms. The maximum atomic E-state index is 12.9. The van der Waals surface area contributed by atoms with Crippen LogP contribution in [0.15, 0.2) is 42.5 Å². The highest BCUT2D eigenvalue weighted by molar-refractivity contribution is 6.34. The molecule has 2 atom stereocenters. The fourth-order valence-corrected chi connectivity index (χ4v) is 4.39. The van der Waals surface area contributed by atoms with Crippen molar-refractivity contribution in [2.75, 3.05) is 11.5 Å². The third-order valence-electron chi connectivity index (χ3n) is 6.27. The minimum Gasteiger partial charge on any atom is -0.452 e. The molecule has 7 heteroatoms. The molecule has 0 aromatic heterocycles. The summed E-state index contributed by atoms with van der Waals surface area (Å²) in [7, 11) is 0. The Kier molecular flexibility index (Phi) is 6.08. The molecule has 2 aromatic rings. The zero-order valence-electron chi connectivity index (χ0n) is 18.2. The maximum absolute atomic E-state index is 12.9. The summed E-state index contributed by atoms with van der Waals surface area (Å²) >= 11 is 0. The number of hydrogen-bond donors (Lipinski definition) is 1. The first-order valence-electron chi connectivity index (χ1n) is 10.9. The maximum Gasteiger partial charge on any atom is 0.338 e. The molecule has 1 N–H and O–H groups in total. The Morgan fingerprint density at radius 3 is 2.50 bits per heavy atom. The van der Waals surface area contributed by atoms with E-state index in [0.29, 0.717) is 11.6 Å². The van der Waals surface area contributed by atoms with E-state index in [1.807, 2.05) is 19.1 Å². The van der Waals surface area contributed by atoms with E-state index < -0.39 is 17.8 Å². The number of anilines is 1. The molecule has 0 saturated heterocycles. The Labute approximate surface area is 186 Å². The van der Waals surface area contributed by atoms with E-state index >= 15 is 0 Å². The van der Waals surface area contributed by atoms with Crippen molar-refractivity contribution in [2.24, 2.45) is 5.92 Å². The van der Waals surface area contributed by atoms with Crippen LogP contribution < -0.4 is 10.2 Å². The molecule has 1 aliphatic heterocycles. The first-order chi connectivity index (χ1) is 15.4. The molecule has 1 aliphatic carbocycles. The van der Waals surface area contributed by atoms with E-state index in [-0.39, 0.29) is 35.2 Å². The summed E-state index contributed by atoms with van der Waals surface area (Å²) in [4.78, 5) is 51.6. The van der Waals surface area contributed by atoms with Crippen molar-refractivity contribution in [1.29, 1.82) is 0 Å². The van der Waals surface area contributed by atoms with Crippen molar-refractivity contribution in [1.82, 2.24) is 5.32 Å². The number of hydrogen-bond acceptors (Lipinski definition) is 5. The Morgan fingerprint density at radius 1 is 1.03 bits per heavy atom. The van der Waals surface area contributed by atoms with Gasteiger partial charge in [0.1, 0.15) is 0 Å². The van der Waals surface area contributed by atoms with Gasteiger partial charge in [0, 0.05) is 6.04 Å². The standard InChI is InChI=1S/C25H26N2O5/c1-15-7-3-5-9-20(15)26-22(28)14-32-25(31)17-11-12-18-19(13-17)24(30)27(23(18)29)21-10-6-4-8-16(21)2/h4,6,8,10-13,15,20H,3,5,7,9,14H2,1-2H3,(H,26,28)/t15-,20+/m1/s1. The van der Waals surface area contributed by atoms with Crippen LogP contribution in [0.1, 0.15) is 69.2 Å². The second-order valence-electron chi connectivity index (χ2n) is 8.50. The average molecular weight is 434 g/mol. The number of nitrogens with one attached hydrogen (secondary N) is 1. The number of aryl methyl sites for hydroxylation is 1. The highest BCUT2D eigenvalue weighted by Gasteiger charge is 2.37. The predicted molar refractivity (Wildman–Crippen MR) is 119 cm³/mol. The third kappa shape index (κ3) is 4.15. The van der Waals surface area contributed by atoms with Crippen LogP contribution in [0.2, 0.25) is 0 Å². The fraction of sp³-hybridized carbons (Fsp3) is 0.360. The Morgan fingerprint density at radius 2 is 1.75 bits per heavy atom. The van der Waals surface area contributed by atoms with Gasteiger partial charge in [-0.1, -0.05) is 38.0 Å². The van der Waals surface area contributed by atoms with Crippen LogP contribution in [0.3, 0.4) is 0 Å². The van der Waals surface area contributed by atoms with Crippen molar-refractivity contribution in [3.05, 3.63) is 64.7 Å². The lowest BCUT2D eigenvalue weighted by atomic mass is 9.86. The minimum atomic E-state index is -0.714. The highest BCUT2D eigenvalue weighted by Crippen LogP contribution is 2.31. The molecule has 3 amide bonds. The van der Waals surface area contributed by atoms with Crippen LogP contribution >= 0.6 is 0 Å². The largest absolute Gasteiger partial charge is 0.452 e. The lowest BCUT2D eigenvalue weighted by Crippen LogP contribution is -2.42. The van der Waals surface area contributed by atoms with Crippen molar-refractivity contribution in [2.45, 2.75) is 45.6 Å². The molecule has 0 unspecified atom stereocenters. The van der Waals surface area contributed by atoms with Crippen molar-refractivity contribution in [3.8, 4) is 0 Å². The molecule has 1 heterocycles. The van der Waals surface area contributed by atoms with Crippen molar-refractivity contribution >= 4 is 29.4 Å².